The standard InChI is InChI=1S/C23H25N3OS/c1-16(25-13-17-5-6-20-14-24-10-9-18(20)11-17)3-2-4-22(27)19-7-8-23-21(12-19)15-26-28-23/h5-12,14-16,22,25,27H,2-4,13H2,1H3/t16-,22?/m1/s1. The van der Waals surface area contributed by atoms with Gasteiger partial charge in [-0.2, -0.15) is 4.37 Å². The average molecular weight is 392 g/mol. The van der Waals surface area contributed by atoms with Gasteiger partial charge >= 0.3 is 0 Å². The lowest BCUT2D eigenvalue weighted by Crippen LogP contribution is -2.25. The first-order chi connectivity index (χ1) is 13.7. The van der Waals surface area contributed by atoms with Gasteiger partial charge in [-0.1, -0.05) is 18.2 Å². The van der Waals surface area contributed by atoms with Crippen molar-refractivity contribution in [2.45, 2.75) is 44.9 Å². The second kappa shape index (κ2) is 8.78. The van der Waals surface area contributed by atoms with Crippen LogP contribution in [0.25, 0.3) is 20.9 Å². The van der Waals surface area contributed by atoms with E-state index in [-0.39, 0.29) is 0 Å². The Bertz CT molecular complexity index is 1060. The Balaban J connectivity index is 1.24. The van der Waals surface area contributed by atoms with E-state index < -0.39 is 6.10 Å². The molecule has 4 aromatic rings. The van der Waals surface area contributed by atoms with Crippen LogP contribution in [0.2, 0.25) is 0 Å². The quantitative estimate of drug-likeness (QED) is 0.432. The summed E-state index contributed by atoms with van der Waals surface area (Å²) >= 11 is 1.49. The van der Waals surface area contributed by atoms with Crippen LogP contribution in [0.3, 0.4) is 0 Å². The lowest BCUT2D eigenvalue weighted by Gasteiger charge is -2.16. The topological polar surface area (TPSA) is 58.0 Å². The molecule has 0 fully saturated rings. The first kappa shape index (κ1) is 19.0. The molecule has 5 heteroatoms. The lowest BCUT2D eigenvalue weighted by molar-refractivity contribution is 0.162. The number of benzene rings is 2. The molecule has 4 nitrogen and oxygen atoms in total. The summed E-state index contributed by atoms with van der Waals surface area (Å²) < 4.78 is 5.36. The molecule has 0 aliphatic carbocycles. The third-order valence-electron chi connectivity index (χ3n) is 5.24. The van der Waals surface area contributed by atoms with E-state index in [1.807, 2.05) is 30.7 Å². The van der Waals surface area contributed by atoms with Gasteiger partial charge < -0.3 is 10.4 Å². The van der Waals surface area contributed by atoms with Crippen molar-refractivity contribution in [3.05, 3.63) is 72.2 Å². The summed E-state index contributed by atoms with van der Waals surface area (Å²) in [7, 11) is 0. The molecule has 2 heterocycles. The number of rotatable bonds is 8. The summed E-state index contributed by atoms with van der Waals surface area (Å²) in [4.78, 5) is 4.16. The number of aromatic nitrogens is 2. The van der Waals surface area contributed by atoms with Crippen LogP contribution < -0.4 is 5.32 Å². The highest BCUT2D eigenvalue weighted by Gasteiger charge is 2.10. The maximum absolute atomic E-state index is 10.5. The Kier molecular flexibility index (Phi) is 5.95. The molecule has 2 aromatic heterocycles. The Morgan fingerprint density at radius 2 is 1.93 bits per heavy atom. The smallest absolute Gasteiger partial charge is 0.0790 e. The zero-order valence-electron chi connectivity index (χ0n) is 16.0. The highest BCUT2D eigenvalue weighted by Crippen LogP contribution is 2.25. The van der Waals surface area contributed by atoms with Gasteiger partial charge in [-0.05, 0) is 78.5 Å². The number of hydrogen-bond donors (Lipinski definition) is 2. The van der Waals surface area contributed by atoms with Crippen molar-refractivity contribution in [2.75, 3.05) is 0 Å². The van der Waals surface area contributed by atoms with Gasteiger partial charge in [0, 0.05) is 41.9 Å². The Labute approximate surface area is 169 Å². The average Bonchev–Trinajstić information content (AvgIpc) is 3.20. The number of nitrogens with zero attached hydrogens (tertiary/aromatic N) is 2. The predicted octanol–water partition coefficient (Wildman–Crippen LogP) is 5.23. The van der Waals surface area contributed by atoms with E-state index in [4.69, 9.17) is 0 Å². The third kappa shape index (κ3) is 4.55. The minimum absolute atomic E-state index is 0.406. The largest absolute Gasteiger partial charge is 0.388 e. The zero-order valence-corrected chi connectivity index (χ0v) is 16.8. The van der Waals surface area contributed by atoms with E-state index in [0.29, 0.717) is 6.04 Å². The van der Waals surface area contributed by atoms with Crippen molar-refractivity contribution in [1.82, 2.24) is 14.7 Å². The summed E-state index contributed by atoms with van der Waals surface area (Å²) in [5.74, 6) is 0. The van der Waals surface area contributed by atoms with Crippen LogP contribution in [0.1, 0.15) is 43.4 Å². The Morgan fingerprint density at radius 3 is 2.86 bits per heavy atom. The first-order valence-corrected chi connectivity index (χ1v) is 10.5. The van der Waals surface area contributed by atoms with E-state index in [1.54, 1.807) is 0 Å². The van der Waals surface area contributed by atoms with Gasteiger partial charge in [0.15, 0.2) is 0 Å². The highest BCUT2D eigenvalue weighted by atomic mass is 32.1. The van der Waals surface area contributed by atoms with E-state index in [1.165, 1.54) is 32.6 Å². The maximum Gasteiger partial charge on any atom is 0.0790 e. The second-order valence-electron chi connectivity index (χ2n) is 7.41. The fraction of sp³-hybridized carbons (Fsp3) is 0.304. The van der Waals surface area contributed by atoms with Gasteiger partial charge in [0.1, 0.15) is 0 Å². The molecule has 144 valence electrons. The van der Waals surface area contributed by atoms with Crippen LogP contribution in [0.4, 0.5) is 0 Å². The Hall–Kier alpha value is -2.34. The molecule has 0 bridgehead atoms. The number of hydrogen-bond acceptors (Lipinski definition) is 5. The van der Waals surface area contributed by atoms with Crippen LogP contribution in [0.15, 0.2) is 61.1 Å². The molecule has 4 rings (SSSR count). The highest BCUT2D eigenvalue weighted by molar-refractivity contribution is 7.13. The molecule has 2 aromatic carbocycles. The van der Waals surface area contributed by atoms with Gasteiger partial charge in [-0.3, -0.25) is 4.98 Å². The summed E-state index contributed by atoms with van der Waals surface area (Å²) in [6.45, 7) is 3.06. The molecule has 2 atom stereocenters. The summed E-state index contributed by atoms with van der Waals surface area (Å²) in [5, 5.41) is 17.6. The van der Waals surface area contributed by atoms with E-state index >= 15 is 0 Å². The van der Waals surface area contributed by atoms with Crippen molar-refractivity contribution in [3.63, 3.8) is 0 Å². The van der Waals surface area contributed by atoms with Crippen molar-refractivity contribution >= 4 is 32.4 Å². The zero-order chi connectivity index (χ0) is 19.3. The van der Waals surface area contributed by atoms with Crippen molar-refractivity contribution in [3.8, 4) is 0 Å². The minimum atomic E-state index is -0.411. The van der Waals surface area contributed by atoms with Crippen LogP contribution in [-0.2, 0) is 6.54 Å². The van der Waals surface area contributed by atoms with Crippen LogP contribution in [0.5, 0.6) is 0 Å². The summed E-state index contributed by atoms with van der Waals surface area (Å²) in [5.41, 5.74) is 2.27. The first-order valence-electron chi connectivity index (χ1n) is 9.77. The lowest BCUT2D eigenvalue weighted by atomic mass is 10.0. The molecule has 0 amide bonds. The molecular weight excluding hydrogens is 366 g/mol. The van der Waals surface area contributed by atoms with Gasteiger partial charge in [0.05, 0.1) is 10.8 Å². The molecule has 0 saturated heterocycles. The third-order valence-corrected chi connectivity index (χ3v) is 6.02. The van der Waals surface area contributed by atoms with Crippen LogP contribution in [-0.4, -0.2) is 20.5 Å². The van der Waals surface area contributed by atoms with Gasteiger partial charge in [-0.25, -0.2) is 0 Å². The fourth-order valence-corrected chi connectivity index (χ4v) is 4.14. The number of fused-ring (bicyclic) bond motifs is 2. The predicted molar refractivity (Wildman–Crippen MR) is 116 cm³/mol. The molecule has 1 unspecified atom stereocenters. The molecule has 0 saturated carbocycles. The molecule has 0 aliphatic heterocycles. The minimum Gasteiger partial charge on any atom is -0.388 e. The normalized spacial score (nSPS) is 13.8. The van der Waals surface area contributed by atoms with Gasteiger partial charge in [-0.15, -0.1) is 0 Å². The van der Waals surface area contributed by atoms with Crippen LogP contribution >= 0.6 is 11.5 Å². The monoisotopic (exact) mass is 391 g/mol. The van der Waals surface area contributed by atoms with E-state index in [9.17, 15) is 5.11 Å². The van der Waals surface area contributed by atoms with Gasteiger partial charge in [0.25, 0.3) is 0 Å². The molecular formula is C23H25N3OS. The molecule has 28 heavy (non-hydrogen) atoms. The molecule has 0 spiro atoms. The van der Waals surface area contributed by atoms with Crippen molar-refractivity contribution in [1.29, 1.82) is 0 Å². The van der Waals surface area contributed by atoms with Crippen molar-refractivity contribution in [2.24, 2.45) is 0 Å². The molecule has 2 N–H and O–H groups in total. The summed E-state index contributed by atoms with van der Waals surface area (Å²) in [6.07, 6.45) is 7.98. The van der Waals surface area contributed by atoms with Crippen molar-refractivity contribution < 1.29 is 5.11 Å². The van der Waals surface area contributed by atoms with Crippen LogP contribution in [0, 0.1) is 0 Å². The Morgan fingerprint density at radius 1 is 1.00 bits per heavy atom. The number of aliphatic hydroxyl groups is 1. The fourth-order valence-electron chi connectivity index (χ4n) is 3.52. The second-order valence-corrected chi connectivity index (χ2v) is 8.24. The SMILES string of the molecule is C[C@H](CCCC(O)c1ccc2sncc2c1)NCc1ccc2cnccc2c1. The number of nitrogens with one attached hydrogen (secondary N) is 1. The number of pyridine rings is 1. The van der Waals surface area contributed by atoms with E-state index in [2.05, 4.69) is 51.9 Å². The van der Waals surface area contributed by atoms with Gasteiger partial charge in [0.2, 0.25) is 0 Å². The van der Waals surface area contributed by atoms with E-state index in [0.717, 1.165) is 36.8 Å². The number of aliphatic hydroxyl groups excluding tert-OH is 1. The summed E-state index contributed by atoms with van der Waals surface area (Å²) in [6, 6.07) is 15.1. The molecule has 0 radical (unpaired) electrons. The molecule has 0 aliphatic rings. The maximum atomic E-state index is 10.5.